The fraction of sp³-hybridized carbons (Fsp3) is 0.438. The molecule has 1 saturated heterocycles. The highest BCUT2D eigenvalue weighted by Crippen LogP contribution is 2.35. The molecule has 0 spiro atoms. The van der Waals surface area contributed by atoms with E-state index in [1.807, 2.05) is 5.38 Å². The average molecular weight is 390 g/mol. The molecule has 1 aromatic heterocycles. The van der Waals surface area contributed by atoms with E-state index in [2.05, 4.69) is 4.98 Å². The van der Waals surface area contributed by atoms with E-state index in [0.29, 0.717) is 13.0 Å². The molecule has 0 amide bonds. The number of rotatable bonds is 3. The van der Waals surface area contributed by atoms with Gasteiger partial charge in [-0.25, -0.2) is 13.4 Å². The van der Waals surface area contributed by atoms with E-state index in [4.69, 9.17) is 0 Å². The summed E-state index contributed by atoms with van der Waals surface area (Å²) in [4.78, 5) is 3.92. The highest BCUT2D eigenvalue weighted by atomic mass is 32.2. The number of hydrogen-bond donors (Lipinski definition) is 0. The van der Waals surface area contributed by atoms with Crippen molar-refractivity contribution in [3.63, 3.8) is 0 Å². The lowest BCUT2D eigenvalue weighted by atomic mass is 10.0. The molecule has 136 valence electrons. The lowest BCUT2D eigenvalue weighted by Gasteiger charge is -2.31. The Labute approximate surface area is 148 Å². The molecule has 0 unspecified atom stereocenters. The molecule has 1 atom stereocenters. The summed E-state index contributed by atoms with van der Waals surface area (Å²) in [5.41, 5.74) is -0.909. The van der Waals surface area contributed by atoms with Crippen molar-refractivity contribution in [2.24, 2.45) is 0 Å². The smallest absolute Gasteiger partial charge is 0.249 e. The zero-order valence-corrected chi connectivity index (χ0v) is 15.1. The second-order valence-corrected chi connectivity index (χ2v) is 8.91. The van der Waals surface area contributed by atoms with Crippen molar-refractivity contribution in [3.05, 3.63) is 45.9 Å². The van der Waals surface area contributed by atoms with Gasteiger partial charge in [0, 0.05) is 30.6 Å². The molecular weight excluding hydrogens is 373 g/mol. The quantitative estimate of drug-likeness (QED) is 0.795. The van der Waals surface area contributed by atoms with Crippen molar-refractivity contribution in [1.29, 1.82) is 0 Å². The lowest BCUT2D eigenvalue weighted by Crippen LogP contribution is -2.39. The van der Waals surface area contributed by atoms with Crippen LogP contribution < -0.4 is 0 Å². The molecule has 1 aliphatic rings. The normalized spacial score (nSPS) is 19.9. The summed E-state index contributed by atoms with van der Waals surface area (Å²) in [7, 11) is -3.98. The Hall–Kier alpha value is -1.45. The Kier molecular flexibility index (Phi) is 4.91. The predicted molar refractivity (Wildman–Crippen MR) is 89.0 cm³/mol. The van der Waals surface area contributed by atoms with Crippen molar-refractivity contribution < 1.29 is 21.6 Å². The molecule has 1 fully saturated rings. The molecule has 0 bridgehead atoms. The molecule has 0 aliphatic carbocycles. The van der Waals surface area contributed by atoms with Gasteiger partial charge >= 0.3 is 6.18 Å². The molecule has 9 heteroatoms. The number of sulfonamides is 1. The first-order valence-electron chi connectivity index (χ1n) is 7.77. The third kappa shape index (κ3) is 3.73. The zero-order chi connectivity index (χ0) is 18.2. The predicted octanol–water partition coefficient (Wildman–Crippen LogP) is 4.04. The third-order valence-corrected chi connectivity index (χ3v) is 7.14. The lowest BCUT2D eigenvalue weighted by molar-refractivity contribution is -0.138. The number of halogens is 3. The number of hydrogen-bond acceptors (Lipinski definition) is 4. The van der Waals surface area contributed by atoms with Crippen LogP contribution in [0.2, 0.25) is 0 Å². The first-order valence-corrected chi connectivity index (χ1v) is 10.1. The molecule has 0 N–H and O–H groups in total. The summed E-state index contributed by atoms with van der Waals surface area (Å²) in [6.45, 7) is 1.86. The van der Waals surface area contributed by atoms with E-state index in [0.717, 1.165) is 17.5 Å². The van der Waals surface area contributed by atoms with Gasteiger partial charge in [0.1, 0.15) is 0 Å². The maximum absolute atomic E-state index is 13.1. The van der Waals surface area contributed by atoms with Crippen LogP contribution in [0.1, 0.15) is 34.9 Å². The Morgan fingerprint density at radius 1 is 1.32 bits per heavy atom. The fourth-order valence-electron chi connectivity index (χ4n) is 3.01. The van der Waals surface area contributed by atoms with Crippen LogP contribution in [-0.2, 0) is 16.2 Å². The van der Waals surface area contributed by atoms with E-state index < -0.39 is 21.8 Å². The van der Waals surface area contributed by atoms with Crippen LogP contribution >= 0.6 is 11.3 Å². The van der Waals surface area contributed by atoms with Gasteiger partial charge in [0.2, 0.25) is 10.0 Å². The zero-order valence-electron chi connectivity index (χ0n) is 13.5. The van der Waals surface area contributed by atoms with Crippen LogP contribution in [-0.4, -0.2) is 30.8 Å². The summed E-state index contributed by atoms with van der Waals surface area (Å²) < 4.78 is 66.2. The Morgan fingerprint density at radius 3 is 2.72 bits per heavy atom. The second-order valence-electron chi connectivity index (χ2n) is 6.05. The molecule has 0 radical (unpaired) electrons. The van der Waals surface area contributed by atoms with E-state index in [9.17, 15) is 21.6 Å². The number of piperidine rings is 1. The maximum Gasteiger partial charge on any atom is 0.416 e. The van der Waals surface area contributed by atoms with Crippen molar-refractivity contribution in [2.75, 3.05) is 13.1 Å². The highest BCUT2D eigenvalue weighted by Gasteiger charge is 2.36. The Morgan fingerprint density at radius 2 is 2.08 bits per heavy atom. The molecular formula is C16H17F3N2O2S2. The fourth-order valence-corrected chi connectivity index (χ4v) is 5.33. The highest BCUT2D eigenvalue weighted by molar-refractivity contribution is 7.89. The molecule has 3 rings (SSSR count). The van der Waals surface area contributed by atoms with Gasteiger partial charge in [-0.2, -0.15) is 17.5 Å². The summed E-state index contributed by atoms with van der Waals surface area (Å²) >= 11 is 1.46. The maximum atomic E-state index is 13.1. The summed E-state index contributed by atoms with van der Waals surface area (Å²) in [6.07, 6.45) is -1.44. The largest absolute Gasteiger partial charge is 0.416 e. The SMILES string of the molecule is Cc1ccc(S(=O)(=O)N2CCC[C@H](c3nccs3)C2)cc1C(F)(F)F. The number of aryl methyl sites for hydroxylation is 1. The van der Waals surface area contributed by atoms with Crippen LogP contribution in [0, 0.1) is 6.92 Å². The van der Waals surface area contributed by atoms with Gasteiger partial charge in [-0.15, -0.1) is 11.3 Å². The first-order chi connectivity index (χ1) is 11.7. The van der Waals surface area contributed by atoms with Gasteiger partial charge in [0.15, 0.2) is 0 Å². The van der Waals surface area contributed by atoms with Crippen LogP contribution in [0.3, 0.4) is 0 Å². The Balaban J connectivity index is 1.91. The minimum atomic E-state index is -4.58. The number of thiazole rings is 1. The minimum absolute atomic E-state index is 0.00533. The summed E-state index contributed by atoms with van der Waals surface area (Å²) in [5.74, 6) is -0.0175. The van der Waals surface area contributed by atoms with Crippen molar-refractivity contribution in [3.8, 4) is 0 Å². The van der Waals surface area contributed by atoms with Gasteiger partial charge in [-0.3, -0.25) is 0 Å². The summed E-state index contributed by atoms with van der Waals surface area (Å²) in [5, 5.41) is 2.69. The number of aromatic nitrogens is 1. The van der Waals surface area contributed by atoms with Crippen molar-refractivity contribution in [1.82, 2.24) is 9.29 Å². The van der Waals surface area contributed by atoms with Crippen LogP contribution in [0.15, 0.2) is 34.7 Å². The molecule has 2 heterocycles. The molecule has 0 saturated carbocycles. The van der Waals surface area contributed by atoms with Crippen LogP contribution in [0.4, 0.5) is 13.2 Å². The van der Waals surface area contributed by atoms with E-state index in [1.54, 1.807) is 6.20 Å². The molecule has 1 aromatic carbocycles. The van der Waals surface area contributed by atoms with Gasteiger partial charge in [0.25, 0.3) is 0 Å². The monoisotopic (exact) mass is 390 g/mol. The Bertz CT molecular complexity index is 849. The van der Waals surface area contributed by atoms with E-state index >= 15 is 0 Å². The third-order valence-electron chi connectivity index (χ3n) is 4.34. The first kappa shape index (κ1) is 18.3. The van der Waals surface area contributed by atoms with Gasteiger partial charge < -0.3 is 0 Å². The van der Waals surface area contributed by atoms with E-state index in [-0.39, 0.29) is 22.9 Å². The van der Waals surface area contributed by atoms with Gasteiger partial charge in [-0.1, -0.05) is 6.07 Å². The number of nitrogens with zero attached hydrogens (tertiary/aromatic N) is 2. The van der Waals surface area contributed by atoms with E-state index in [1.165, 1.54) is 34.7 Å². The standard InChI is InChI=1S/C16H17F3N2O2S2/c1-11-4-5-13(9-14(11)16(17,18)19)25(22,23)21-7-2-3-12(10-21)15-20-6-8-24-15/h4-6,8-9,12H,2-3,7,10H2,1H3/t12-/m0/s1. The van der Waals surface area contributed by atoms with Gasteiger partial charge in [0.05, 0.1) is 15.5 Å². The number of alkyl halides is 3. The van der Waals surface area contributed by atoms with Crippen LogP contribution in [0.5, 0.6) is 0 Å². The molecule has 2 aromatic rings. The van der Waals surface area contributed by atoms with Crippen molar-refractivity contribution >= 4 is 21.4 Å². The average Bonchev–Trinajstić information content (AvgIpc) is 3.08. The van der Waals surface area contributed by atoms with Crippen molar-refractivity contribution in [2.45, 2.75) is 36.8 Å². The minimum Gasteiger partial charge on any atom is -0.249 e. The number of benzene rings is 1. The molecule has 25 heavy (non-hydrogen) atoms. The van der Waals surface area contributed by atoms with Crippen LogP contribution in [0.25, 0.3) is 0 Å². The molecule has 4 nitrogen and oxygen atoms in total. The second kappa shape index (κ2) is 6.69. The molecule has 1 aliphatic heterocycles. The summed E-state index contributed by atoms with van der Waals surface area (Å²) in [6, 6.07) is 3.18. The topological polar surface area (TPSA) is 50.3 Å². The van der Waals surface area contributed by atoms with Gasteiger partial charge in [-0.05, 0) is 37.5 Å².